The van der Waals surface area contributed by atoms with E-state index in [0.717, 1.165) is 27.7 Å². The van der Waals surface area contributed by atoms with Crippen molar-refractivity contribution in [3.63, 3.8) is 0 Å². The molecule has 0 aliphatic rings. The molecule has 3 nitrogen and oxygen atoms in total. The molecule has 5 heteroatoms. The molecule has 0 spiro atoms. The average Bonchev–Trinajstić information content (AvgIpc) is 3.18. The van der Waals surface area contributed by atoms with Gasteiger partial charge in [0, 0.05) is 11.9 Å². The lowest BCUT2D eigenvalue weighted by Gasteiger charge is -2.08. The van der Waals surface area contributed by atoms with Gasteiger partial charge >= 0.3 is 0 Å². The van der Waals surface area contributed by atoms with Crippen molar-refractivity contribution in [3.05, 3.63) is 70.7 Å². The summed E-state index contributed by atoms with van der Waals surface area (Å²) >= 11 is 7.85. The van der Waals surface area contributed by atoms with E-state index in [1.165, 1.54) is 5.56 Å². The number of halogens is 1. The zero-order chi connectivity index (χ0) is 15.8. The fourth-order valence-corrected chi connectivity index (χ4v) is 3.37. The Balaban J connectivity index is 1.89. The summed E-state index contributed by atoms with van der Waals surface area (Å²) in [6.45, 7) is 2.08. The fraction of sp³-hybridized carbons (Fsp3) is 0.0556. The molecule has 0 atom stereocenters. The first kappa shape index (κ1) is 14.3. The molecular formula is C18H14ClN3S. The molecule has 3 heterocycles. The molecule has 0 saturated heterocycles. The van der Waals surface area contributed by atoms with Gasteiger partial charge in [0.15, 0.2) is 0 Å². The Labute approximate surface area is 143 Å². The molecule has 23 heavy (non-hydrogen) atoms. The standard InChI is InChI=1S/C18H14ClN3S/c1-12-4-7-14(8-5-12)20-18-17(15-3-2-10-23-15)21-16-9-6-13(19)11-22(16)18/h2-11,20H,1H3. The van der Waals surface area contributed by atoms with Crippen molar-refractivity contribution < 1.29 is 0 Å². The van der Waals surface area contributed by atoms with Gasteiger partial charge in [0.2, 0.25) is 0 Å². The molecule has 0 unspecified atom stereocenters. The molecule has 0 aliphatic heterocycles. The molecule has 0 saturated carbocycles. The molecule has 0 fully saturated rings. The summed E-state index contributed by atoms with van der Waals surface area (Å²) in [6, 6.07) is 16.2. The molecule has 114 valence electrons. The number of rotatable bonds is 3. The van der Waals surface area contributed by atoms with Crippen molar-refractivity contribution in [2.24, 2.45) is 0 Å². The van der Waals surface area contributed by atoms with Gasteiger partial charge in [0.25, 0.3) is 0 Å². The van der Waals surface area contributed by atoms with E-state index in [4.69, 9.17) is 16.6 Å². The van der Waals surface area contributed by atoms with Gasteiger partial charge in [0.1, 0.15) is 17.2 Å². The molecular weight excluding hydrogens is 326 g/mol. The van der Waals surface area contributed by atoms with Gasteiger partial charge in [-0.05, 0) is 42.6 Å². The van der Waals surface area contributed by atoms with Crippen molar-refractivity contribution in [1.29, 1.82) is 0 Å². The largest absolute Gasteiger partial charge is 0.339 e. The third kappa shape index (κ3) is 2.71. The number of hydrogen-bond donors (Lipinski definition) is 1. The highest BCUT2D eigenvalue weighted by Crippen LogP contribution is 2.34. The zero-order valence-electron chi connectivity index (χ0n) is 12.5. The number of nitrogens with zero attached hydrogens (tertiary/aromatic N) is 2. The van der Waals surface area contributed by atoms with Gasteiger partial charge in [-0.15, -0.1) is 11.3 Å². The number of thiophene rings is 1. The first-order chi connectivity index (χ1) is 11.2. The smallest absolute Gasteiger partial charge is 0.144 e. The van der Waals surface area contributed by atoms with Gasteiger partial charge in [-0.1, -0.05) is 35.4 Å². The topological polar surface area (TPSA) is 29.3 Å². The Morgan fingerprint density at radius 3 is 2.65 bits per heavy atom. The van der Waals surface area contributed by atoms with Crippen LogP contribution in [0.1, 0.15) is 5.56 Å². The molecule has 1 N–H and O–H groups in total. The van der Waals surface area contributed by atoms with E-state index in [2.05, 4.69) is 48.0 Å². The highest BCUT2D eigenvalue weighted by atomic mass is 35.5. The van der Waals surface area contributed by atoms with E-state index < -0.39 is 0 Å². The lowest BCUT2D eigenvalue weighted by molar-refractivity contribution is 1.18. The van der Waals surface area contributed by atoms with Crippen LogP contribution in [0.5, 0.6) is 0 Å². The minimum Gasteiger partial charge on any atom is -0.339 e. The Kier molecular flexibility index (Phi) is 3.56. The van der Waals surface area contributed by atoms with Crippen LogP contribution >= 0.6 is 22.9 Å². The summed E-state index contributed by atoms with van der Waals surface area (Å²) in [5.74, 6) is 0.925. The second kappa shape index (κ2) is 5.72. The molecule has 4 aromatic rings. The number of aryl methyl sites for hydroxylation is 1. The van der Waals surface area contributed by atoms with E-state index in [1.54, 1.807) is 11.3 Å². The van der Waals surface area contributed by atoms with Crippen LogP contribution in [-0.4, -0.2) is 9.38 Å². The summed E-state index contributed by atoms with van der Waals surface area (Å²) < 4.78 is 2.00. The first-order valence-electron chi connectivity index (χ1n) is 7.26. The van der Waals surface area contributed by atoms with Gasteiger partial charge in [-0.2, -0.15) is 0 Å². The summed E-state index contributed by atoms with van der Waals surface area (Å²) in [4.78, 5) is 5.89. The van der Waals surface area contributed by atoms with Crippen LogP contribution in [0.3, 0.4) is 0 Å². The highest BCUT2D eigenvalue weighted by Gasteiger charge is 2.15. The number of benzene rings is 1. The number of anilines is 2. The normalized spacial score (nSPS) is 11.0. The minimum absolute atomic E-state index is 0.680. The van der Waals surface area contributed by atoms with Crippen molar-refractivity contribution >= 4 is 40.1 Å². The quantitative estimate of drug-likeness (QED) is 0.513. The second-order valence-electron chi connectivity index (χ2n) is 5.35. The van der Waals surface area contributed by atoms with Crippen molar-refractivity contribution in [2.75, 3.05) is 5.32 Å². The molecule has 0 bridgehead atoms. The van der Waals surface area contributed by atoms with Gasteiger partial charge in [0.05, 0.1) is 9.90 Å². The number of aromatic nitrogens is 2. The Bertz CT molecular complexity index is 956. The number of fused-ring (bicyclic) bond motifs is 1. The molecule has 1 aromatic carbocycles. The van der Waals surface area contributed by atoms with E-state index in [-0.39, 0.29) is 0 Å². The lowest BCUT2D eigenvalue weighted by Crippen LogP contribution is -1.96. The van der Waals surface area contributed by atoms with Crippen molar-refractivity contribution in [3.8, 4) is 10.6 Å². The molecule has 4 rings (SSSR count). The predicted molar refractivity (Wildman–Crippen MR) is 98.0 cm³/mol. The first-order valence-corrected chi connectivity index (χ1v) is 8.52. The van der Waals surface area contributed by atoms with Crippen LogP contribution in [0.2, 0.25) is 5.02 Å². The van der Waals surface area contributed by atoms with Gasteiger partial charge in [-0.3, -0.25) is 4.40 Å². The van der Waals surface area contributed by atoms with Crippen LogP contribution < -0.4 is 5.32 Å². The average molecular weight is 340 g/mol. The summed E-state index contributed by atoms with van der Waals surface area (Å²) in [5.41, 5.74) is 4.06. The molecule has 0 amide bonds. The summed E-state index contributed by atoms with van der Waals surface area (Å²) in [5, 5.41) is 6.22. The fourth-order valence-electron chi connectivity index (χ4n) is 2.50. The van der Waals surface area contributed by atoms with Crippen LogP contribution in [0.4, 0.5) is 11.5 Å². The van der Waals surface area contributed by atoms with E-state index >= 15 is 0 Å². The van der Waals surface area contributed by atoms with E-state index in [0.29, 0.717) is 5.02 Å². The molecule has 0 aliphatic carbocycles. The Morgan fingerprint density at radius 2 is 1.91 bits per heavy atom. The Morgan fingerprint density at radius 1 is 1.09 bits per heavy atom. The maximum atomic E-state index is 6.17. The van der Waals surface area contributed by atoms with Gasteiger partial charge < -0.3 is 5.32 Å². The van der Waals surface area contributed by atoms with E-state index in [9.17, 15) is 0 Å². The Hall–Kier alpha value is -2.30. The molecule has 3 aromatic heterocycles. The summed E-state index contributed by atoms with van der Waals surface area (Å²) in [7, 11) is 0. The van der Waals surface area contributed by atoms with Crippen LogP contribution in [0.25, 0.3) is 16.2 Å². The lowest BCUT2D eigenvalue weighted by atomic mass is 10.2. The van der Waals surface area contributed by atoms with Crippen LogP contribution in [0.15, 0.2) is 60.1 Å². The number of nitrogens with one attached hydrogen (secondary N) is 1. The van der Waals surface area contributed by atoms with Crippen molar-refractivity contribution in [1.82, 2.24) is 9.38 Å². The maximum absolute atomic E-state index is 6.17. The second-order valence-corrected chi connectivity index (χ2v) is 6.74. The summed E-state index contributed by atoms with van der Waals surface area (Å²) in [6.07, 6.45) is 1.89. The van der Waals surface area contributed by atoms with Gasteiger partial charge in [-0.25, -0.2) is 4.98 Å². The minimum atomic E-state index is 0.680. The highest BCUT2D eigenvalue weighted by molar-refractivity contribution is 7.13. The monoisotopic (exact) mass is 339 g/mol. The predicted octanol–water partition coefficient (Wildman–Crippen LogP) is 5.77. The van der Waals surface area contributed by atoms with Crippen LogP contribution in [0, 0.1) is 6.92 Å². The zero-order valence-corrected chi connectivity index (χ0v) is 14.0. The third-order valence-electron chi connectivity index (χ3n) is 3.65. The number of hydrogen-bond acceptors (Lipinski definition) is 3. The van der Waals surface area contributed by atoms with E-state index in [1.807, 2.05) is 28.8 Å². The number of imidazole rings is 1. The SMILES string of the molecule is Cc1ccc(Nc2c(-c3cccs3)nc3ccc(Cl)cn23)cc1. The van der Waals surface area contributed by atoms with Crippen LogP contribution in [-0.2, 0) is 0 Å². The van der Waals surface area contributed by atoms with Crippen molar-refractivity contribution in [2.45, 2.75) is 6.92 Å². The molecule has 0 radical (unpaired) electrons. The maximum Gasteiger partial charge on any atom is 0.144 e. The third-order valence-corrected chi connectivity index (χ3v) is 4.75. The number of pyridine rings is 1.